The zero-order chi connectivity index (χ0) is 26.4. The minimum atomic E-state index is -4.97. The summed E-state index contributed by atoms with van der Waals surface area (Å²) in [5, 5.41) is 10.9. The van der Waals surface area contributed by atoms with Crippen molar-refractivity contribution in [2.45, 2.75) is 48.7 Å². The normalized spacial score (nSPS) is 21.5. The first kappa shape index (κ1) is 25.7. The summed E-state index contributed by atoms with van der Waals surface area (Å²) in [6, 6.07) is 16.2. The minimum absolute atomic E-state index is 0.344. The molecule has 3 aromatic carbocycles. The molecule has 0 saturated heterocycles. The van der Waals surface area contributed by atoms with Crippen LogP contribution in [0.2, 0.25) is 5.02 Å². The van der Waals surface area contributed by atoms with Gasteiger partial charge in [-0.3, -0.25) is 0 Å². The van der Waals surface area contributed by atoms with E-state index in [1.807, 2.05) is 53.4 Å². The number of hydrogen-bond donors (Lipinski definition) is 2. The number of alkyl halides is 3. The Morgan fingerprint density at radius 1 is 1.00 bits per heavy atom. The van der Waals surface area contributed by atoms with Crippen molar-refractivity contribution in [3.05, 3.63) is 71.8 Å². The van der Waals surface area contributed by atoms with Gasteiger partial charge in [0.05, 0.1) is 39.5 Å². The van der Waals surface area contributed by atoms with Gasteiger partial charge in [-0.1, -0.05) is 35.9 Å². The number of benzene rings is 3. The Labute approximate surface area is 216 Å². The summed E-state index contributed by atoms with van der Waals surface area (Å²) in [5.74, 6) is 0.523. The van der Waals surface area contributed by atoms with Crippen LogP contribution in [0.15, 0.2) is 71.6 Å². The first-order valence-corrected chi connectivity index (χ1v) is 13.3. The summed E-state index contributed by atoms with van der Waals surface area (Å²) >= 11 is 5.85. The minimum Gasteiger partial charge on any atom is -0.453 e. The van der Waals surface area contributed by atoms with Gasteiger partial charge in [-0.2, -0.15) is 0 Å². The topological polar surface area (TPSA) is 88.1 Å². The molecule has 1 saturated carbocycles. The molecule has 2 aliphatic rings. The number of anilines is 2. The molecule has 1 heterocycles. The summed E-state index contributed by atoms with van der Waals surface area (Å²) in [6.45, 7) is 0. The van der Waals surface area contributed by atoms with Gasteiger partial charge in [-0.25, -0.2) is 13.1 Å². The number of hydrogen-bond acceptors (Lipinski definition) is 6. The van der Waals surface area contributed by atoms with E-state index in [1.54, 1.807) is 0 Å². The molecule has 0 radical (unpaired) electrons. The van der Waals surface area contributed by atoms with Crippen LogP contribution < -0.4 is 19.1 Å². The Hall–Kier alpha value is -2.99. The maximum Gasteiger partial charge on any atom is 0.573 e. The molecule has 0 bridgehead atoms. The second-order valence-corrected chi connectivity index (χ2v) is 10.9. The smallest absolute Gasteiger partial charge is 0.453 e. The summed E-state index contributed by atoms with van der Waals surface area (Å²) in [7, 11) is -4.23. The van der Waals surface area contributed by atoms with E-state index < -0.39 is 45.3 Å². The number of halogens is 4. The number of fused-ring (bicyclic) bond motifs is 2. The fourth-order valence-corrected chi connectivity index (χ4v) is 6.38. The van der Waals surface area contributed by atoms with Crippen molar-refractivity contribution in [2.75, 3.05) is 4.90 Å². The number of nitrogens with one attached hydrogen (secondary N) is 1. The van der Waals surface area contributed by atoms with Gasteiger partial charge in [0.25, 0.3) is 0 Å². The van der Waals surface area contributed by atoms with Gasteiger partial charge >= 0.3 is 6.36 Å². The number of para-hydroxylation sites is 4. The zero-order valence-electron chi connectivity index (χ0n) is 19.2. The molecular weight excluding hydrogens is 533 g/mol. The van der Waals surface area contributed by atoms with Gasteiger partial charge in [0.1, 0.15) is 5.75 Å². The Balaban J connectivity index is 1.41. The standard InChI is InChI=1S/C25H22ClF3N2O5S/c26-16-14-15(12-13-21(16)36-25(27,28)29)37(33,34)30-17-6-5-9-20(24(17)32)31-18-7-1-3-10-22(18)35-23-11-4-2-8-19(23)31/h1-4,7-8,10-14,17,20,24,30,32H,5-6,9H2/t17-,20+,24+/m1/s1. The molecule has 196 valence electrons. The lowest BCUT2D eigenvalue weighted by atomic mass is 9.86. The molecule has 37 heavy (non-hydrogen) atoms. The molecule has 1 fully saturated rings. The van der Waals surface area contributed by atoms with E-state index in [2.05, 4.69) is 9.46 Å². The van der Waals surface area contributed by atoms with E-state index in [1.165, 1.54) is 0 Å². The average Bonchev–Trinajstić information content (AvgIpc) is 2.84. The van der Waals surface area contributed by atoms with Crippen LogP contribution in [-0.2, 0) is 10.0 Å². The highest BCUT2D eigenvalue weighted by Crippen LogP contribution is 2.49. The fourth-order valence-electron chi connectivity index (χ4n) is 4.78. The maximum atomic E-state index is 13.1. The molecule has 0 amide bonds. The highest BCUT2D eigenvalue weighted by Gasteiger charge is 2.41. The Morgan fingerprint density at radius 3 is 2.22 bits per heavy atom. The van der Waals surface area contributed by atoms with E-state index in [-0.39, 0.29) is 4.90 Å². The number of ether oxygens (including phenoxy) is 2. The third-order valence-corrected chi connectivity index (χ3v) is 8.15. The van der Waals surface area contributed by atoms with E-state index >= 15 is 0 Å². The van der Waals surface area contributed by atoms with Crippen molar-refractivity contribution < 1.29 is 36.2 Å². The molecule has 5 rings (SSSR count). The van der Waals surface area contributed by atoms with Gasteiger partial charge in [-0.05, 0) is 61.7 Å². The number of aliphatic hydroxyl groups excluding tert-OH is 1. The molecular formula is C25H22ClF3N2O5S. The fraction of sp³-hybridized carbons (Fsp3) is 0.280. The lowest BCUT2D eigenvalue weighted by molar-refractivity contribution is -0.274. The summed E-state index contributed by atoms with van der Waals surface area (Å²) in [4.78, 5) is 1.63. The lowest BCUT2D eigenvalue weighted by Crippen LogP contribution is -2.56. The van der Waals surface area contributed by atoms with Gasteiger partial charge < -0.3 is 19.5 Å². The third kappa shape index (κ3) is 5.22. The van der Waals surface area contributed by atoms with Gasteiger partial charge in [0.15, 0.2) is 11.5 Å². The van der Waals surface area contributed by atoms with Crippen LogP contribution in [0.1, 0.15) is 19.3 Å². The Morgan fingerprint density at radius 2 is 1.62 bits per heavy atom. The van der Waals surface area contributed by atoms with Crippen molar-refractivity contribution in [1.29, 1.82) is 0 Å². The first-order valence-electron chi connectivity index (χ1n) is 11.4. The molecule has 12 heteroatoms. The number of nitrogens with zero attached hydrogens (tertiary/aromatic N) is 1. The second-order valence-electron chi connectivity index (χ2n) is 8.76. The van der Waals surface area contributed by atoms with E-state index in [9.17, 15) is 26.7 Å². The molecule has 3 aromatic rings. The van der Waals surface area contributed by atoms with Crippen LogP contribution in [-0.4, -0.2) is 38.1 Å². The van der Waals surface area contributed by atoms with Crippen molar-refractivity contribution in [3.8, 4) is 17.2 Å². The van der Waals surface area contributed by atoms with Crippen LogP contribution in [0, 0.1) is 0 Å². The molecule has 2 N–H and O–H groups in total. The molecule has 0 unspecified atom stereocenters. The van der Waals surface area contributed by atoms with Gasteiger partial charge in [-0.15, -0.1) is 13.2 Å². The molecule has 3 atom stereocenters. The highest BCUT2D eigenvalue weighted by molar-refractivity contribution is 7.89. The van der Waals surface area contributed by atoms with Crippen LogP contribution >= 0.6 is 11.6 Å². The van der Waals surface area contributed by atoms with Crippen LogP contribution in [0.4, 0.5) is 24.5 Å². The molecule has 7 nitrogen and oxygen atoms in total. The monoisotopic (exact) mass is 554 g/mol. The Bertz CT molecular complexity index is 1370. The number of sulfonamides is 1. The van der Waals surface area contributed by atoms with E-state index in [0.29, 0.717) is 30.8 Å². The SMILES string of the molecule is O=S(=O)(N[C@@H]1CCC[C@H](N2c3ccccc3Oc3ccccc32)[C@H]1O)c1ccc(OC(F)(F)F)c(Cl)c1. The predicted octanol–water partition coefficient (Wildman–Crippen LogP) is 5.74. The van der Waals surface area contributed by atoms with Crippen LogP contribution in [0.3, 0.4) is 0 Å². The predicted molar refractivity (Wildman–Crippen MR) is 131 cm³/mol. The molecule has 0 spiro atoms. The van der Waals surface area contributed by atoms with Crippen molar-refractivity contribution in [2.24, 2.45) is 0 Å². The molecule has 1 aliphatic heterocycles. The summed E-state index contributed by atoms with van der Waals surface area (Å²) < 4.78 is 76.1. The largest absolute Gasteiger partial charge is 0.573 e. The number of aliphatic hydroxyl groups is 1. The van der Waals surface area contributed by atoms with Gasteiger partial charge in [0, 0.05) is 0 Å². The van der Waals surface area contributed by atoms with Gasteiger partial charge in [0.2, 0.25) is 10.0 Å². The van der Waals surface area contributed by atoms with Crippen molar-refractivity contribution >= 4 is 33.0 Å². The quantitative estimate of drug-likeness (QED) is 0.418. The highest BCUT2D eigenvalue weighted by atomic mass is 35.5. The molecule has 0 aromatic heterocycles. The Kier molecular flexibility index (Phi) is 6.73. The van der Waals surface area contributed by atoms with E-state index in [4.69, 9.17) is 16.3 Å². The first-order chi connectivity index (χ1) is 17.5. The van der Waals surface area contributed by atoms with Crippen LogP contribution in [0.5, 0.6) is 17.2 Å². The lowest BCUT2D eigenvalue weighted by Gasteiger charge is -2.44. The van der Waals surface area contributed by atoms with Crippen LogP contribution in [0.25, 0.3) is 0 Å². The summed E-state index contributed by atoms with van der Waals surface area (Å²) in [5.41, 5.74) is 1.50. The second kappa shape index (κ2) is 9.71. The number of rotatable bonds is 5. The maximum absolute atomic E-state index is 13.1. The summed E-state index contributed by atoms with van der Waals surface area (Å²) in [6.07, 6.45) is -4.49. The zero-order valence-corrected chi connectivity index (χ0v) is 20.7. The van der Waals surface area contributed by atoms with Crippen molar-refractivity contribution in [1.82, 2.24) is 4.72 Å². The third-order valence-electron chi connectivity index (χ3n) is 6.37. The molecule has 1 aliphatic carbocycles. The van der Waals surface area contributed by atoms with Crippen molar-refractivity contribution in [3.63, 3.8) is 0 Å². The van der Waals surface area contributed by atoms with E-state index in [0.717, 1.165) is 29.6 Å². The average molecular weight is 555 g/mol.